The van der Waals surface area contributed by atoms with Crippen LogP contribution in [0.25, 0.3) is 0 Å². The van der Waals surface area contributed by atoms with Gasteiger partial charge in [0.2, 0.25) is 0 Å². The second-order valence-corrected chi connectivity index (χ2v) is 4.54. The summed E-state index contributed by atoms with van der Waals surface area (Å²) in [4.78, 5) is 12.1. The molecule has 2 rings (SSSR count). The molecule has 0 spiro atoms. The van der Waals surface area contributed by atoms with Crippen LogP contribution in [-0.4, -0.2) is 17.0 Å². The number of amides is 1. The molecule has 0 fully saturated rings. The molecule has 1 amide bonds. The van der Waals surface area contributed by atoms with E-state index in [1.54, 1.807) is 31.2 Å². The summed E-state index contributed by atoms with van der Waals surface area (Å²) in [6, 6.07) is 10.5. The van der Waals surface area contributed by atoms with Crippen molar-refractivity contribution in [3.63, 3.8) is 0 Å². The molecular weight excluding hydrogens is 273 g/mol. The number of halogens is 1. The molecule has 0 aliphatic heterocycles. The van der Waals surface area contributed by atoms with Gasteiger partial charge in [-0.2, -0.15) is 0 Å². The number of nitrogens with two attached hydrogens (primary N) is 1. The monoisotopic (exact) mass is 287 g/mol. The summed E-state index contributed by atoms with van der Waals surface area (Å²) in [6.45, 7) is 1.73. The van der Waals surface area contributed by atoms with Gasteiger partial charge in [-0.15, -0.1) is 0 Å². The van der Waals surface area contributed by atoms with E-state index < -0.39 is 11.7 Å². The third-order valence-electron chi connectivity index (χ3n) is 2.83. The zero-order valence-electron chi connectivity index (χ0n) is 11.3. The van der Waals surface area contributed by atoms with Crippen molar-refractivity contribution >= 4 is 17.4 Å². The highest BCUT2D eigenvalue weighted by atomic mass is 19.1. The van der Waals surface area contributed by atoms with Crippen LogP contribution in [0.2, 0.25) is 0 Å². The van der Waals surface area contributed by atoms with Crippen LogP contribution in [0.4, 0.5) is 10.1 Å². The van der Waals surface area contributed by atoms with Crippen molar-refractivity contribution in [2.75, 3.05) is 5.32 Å². The smallest absolute Gasteiger partial charge is 0.255 e. The molecule has 5 nitrogen and oxygen atoms in total. The Morgan fingerprint density at radius 2 is 1.95 bits per heavy atom. The maximum Gasteiger partial charge on any atom is 0.255 e. The third-order valence-corrected chi connectivity index (χ3v) is 2.83. The van der Waals surface area contributed by atoms with Crippen LogP contribution < -0.4 is 11.1 Å². The third kappa shape index (κ3) is 3.56. The number of carbonyl (C=O) groups excluding carboxylic acids is 1. The average molecular weight is 287 g/mol. The first kappa shape index (κ1) is 14.5. The lowest BCUT2D eigenvalue weighted by Crippen LogP contribution is -2.16. The second-order valence-electron chi connectivity index (χ2n) is 4.54. The van der Waals surface area contributed by atoms with Crippen molar-refractivity contribution in [2.45, 2.75) is 6.92 Å². The number of hydrogen-bond donors (Lipinski definition) is 3. The van der Waals surface area contributed by atoms with E-state index in [1.807, 2.05) is 0 Å². The lowest BCUT2D eigenvalue weighted by molar-refractivity contribution is 0.102. The normalized spacial score (nSPS) is 11.2. The number of benzene rings is 2. The first-order valence-corrected chi connectivity index (χ1v) is 6.16. The van der Waals surface area contributed by atoms with Crippen LogP contribution in [0.5, 0.6) is 0 Å². The Morgan fingerprint density at radius 1 is 1.24 bits per heavy atom. The molecule has 0 aromatic heterocycles. The second kappa shape index (κ2) is 6.04. The molecule has 0 bridgehead atoms. The standard InChI is InChI=1S/C15H14FN3O2/c1-9-5-12(16)8-13(6-9)18-15(20)11-4-2-3-10(7-11)14(17)19-21/h2-8,21H,1H3,(H2,17,19)(H,18,20). The van der Waals surface area contributed by atoms with Gasteiger partial charge in [0.1, 0.15) is 5.82 Å². The van der Waals surface area contributed by atoms with E-state index in [4.69, 9.17) is 10.9 Å². The topological polar surface area (TPSA) is 87.7 Å². The highest BCUT2D eigenvalue weighted by molar-refractivity contribution is 6.06. The number of aryl methyl sites for hydroxylation is 1. The fraction of sp³-hybridized carbons (Fsp3) is 0.0667. The molecule has 0 saturated heterocycles. The Kier molecular flexibility index (Phi) is 4.18. The highest BCUT2D eigenvalue weighted by Crippen LogP contribution is 2.15. The van der Waals surface area contributed by atoms with Crippen LogP contribution in [0.3, 0.4) is 0 Å². The molecule has 0 aliphatic rings. The van der Waals surface area contributed by atoms with Crippen LogP contribution in [0, 0.1) is 12.7 Å². The van der Waals surface area contributed by atoms with E-state index in [2.05, 4.69) is 10.5 Å². The van der Waals surface area contributed by atoms with Crippen molar-refractivity contribution in [3.05, 3.63) is 65.0 Å². The molecule has 0 atom stereocenters. The van der Waals surface area contributed by atoms with E-state index in [0.29, 0.717) is 22.4 Å². The molecule has 0 saturated carbocycles. The summed E-state index contributed by atoms with van der Waals surface area (Å²) >= 11 is 0. The summed E-state index contributed by atoms with van der Waals surface area (Å²) < 4.78 is 13.3. The summed E-state index contributed by atoms with van der Waals surface area (Å²) in [7, 11) is 0. The molecule has 0 aliphatic carbocycles. The molecule has 0 unspecified atom stereocenters. The minimum absolute atomic E-state index is 0.0914. The lowest BCUT2D eigenvalue weighted by atomic mass is 10.1. The SMILES string of the molecule is Cc1cc(F)cc(NC(=O)c2cccc(C(N)=NO)c2)c1. The number of rotatable bonds is 3. The van der Waals surface area contributed by atoms with E-state index in [-0.39, 0.29) is 5.84 Å². The highest BCUT2D eigenvalue weighted by Gasteiger charge is 2.09. The number of oxime groups is 1. The van der Waals surface area contributed by atoms with Crippen molar-refractivity contribution in [2.24, 2.45) is 10.9 Å². The molecule has 2 aromatic rings. The van der Waals surface area contributed by atoms with Crippen molar-refractivity contribution < 1.29 is 14.4 Å². The predicted molar refractivity (Wildman–Crippen MR) is 78.0 cm³/mol. The predicted octanol–water partition coefficient (Wildman–Crippen LogP) is 2.48. The van der Waals surface area contributed by atoms with E-state index in [1.165, 1.54) is 18.2 Å². The van der Waals surface area contributed by atoms with E-state index in [9.17, 15) is 9.18 Å². The largest absolute Gasteiger partial charge is 0.409 e. The van der Waals surface area contributed by atoms with Crippen LogP contribution in [0.1, 0.15) is 21.5 Å². The number of nitrogens with one attached hydrogen (secondary N) is 1. The molecule has 2 aromatic carbocycles. The number of amidine groups is 1. The minimum Gasteiger partial charge on any atom is -0.409 e. The minimum atomic E-state index is -0.421. The van der Waals surface area contributed by atoms with Gasteiger partial charge < -0.3 is 16.3 Å². The average Bonchev–Trinajstić information content (AvgIpc) is 2.45. The quantitative estimate of drug-likeness (QED) is 0.351. The van der Waals surface area contributed by atoms with Gasteiger partial charge in [0, 0.05) is 16.8 Å². The molecule has 21 heavy (non-hydrogen) atoms. The van der Waals surface area contributed by atoms with Crippen molar-refractivity contribution in [1.82, 2.24) is 0 Å². The maximum absolute atomic E-state index is 13.3. The maximum atomic E-state index is 13.3. The van der Waals surface area contributed by atoms with Gasteiger partial charge in [-0.3, -0.25) is 4.79 Å². The first-order chi connectivity index (χ1) is 9.99. The zero-order valence-corrected chi connectivity index (χ0v) is 11.3. The number of anilines is 1. The molecule has 0 radical (unpaired) electrons. The van der Waals surface area contributed by atoms with E-state index >= 15 is 0 Å². The molecular formula is C15H14FN3O2. The Morgan fingerprint density at radius 3 is 2.62 bits per heavy atom. The van der Waals surface area contributed by atoms with Crippen LogP contribution in [-0.2, 0) is 0 Å². The van der Waals surface area contributed by atoms with Crippen molar-refractivity contribution in [3.8, 4) is 0 Å². The van der Waals surface area contributed by atoms with Crippen LogP contribution in [0.15, 0.2) is 47.6 Å². The molecule has 6 heteroatoms. The summed E-state index contributed by atoms with van der Waals surface area (Å²) in [5.41, 5.74) is 7.28. The lowest BCUT2D eigenvalue weighted by Gasteiger charge is -2.07. The summed E-state index contributed by atoms with van der Waals surface area (Å²) in [6.07, 6.45) is 0. The fourth-order valence-electron chi connectivity index (χ4n) is 1.89. The van der Waals surface area contributed by atoms with Crippen LogP contribution >= 0.6 is 0 Å². The number of carbonyl (C=O) groups is 1. The zero-order chi connectivity index (χ0) is 15.4. The van der Waals surface area contributed by atoms with E-state index in [0.717, 1.165) is 0 Å². The Labute approximate surface area is 120 Å². The van der Waals surface area contributed by atoms with Gasteiger partial charge in [-0.25, -0.2) is 4.39 Å². The molecule has 108 valence electrons. The Hall–Kier alpha value is -2.89. The molecule has 4 N–H and O–H groups in total. The van der Waals surface area contributed by atoms with Gasteiger partial charge in [-0.1, -0.05) is 17.3 Å². The van der Waals surface area contributed by atoms with Crippen molar-refractivity contribution in [1.29, 1.82) is 0 Å². The molecule has 0 heterocycles. The number of hydrogen-bond acceptors (Lipinski definition) is 3. The summed E-state index contributed by atoms with van der Waals surface area (Å²) in [5, 5.41) is 14.1. The summed E-state index contributed by atoms with van der Waals surface area (Å²) in [5.74, 6) is -0.922. The Balaban J connectivity index is 2.24. The van der Waals surface area contributed by atoms with Gasteiger partial charge in [-0.05, 0) is 42.8 Å². The van der Waals surface area contributed by atoms with Gasteiger partial charge in [0.05, 0.1) is 0 Å². The van der Waals surface area contributed by atoms with Gasteiger partial charge in [0.25, 0.3) is 5.91 Å². The Bertz CT molecular complexity index is 694. The van der Waals surface area contributed by atoms with Gasteiger partial charge >= 0.3 is 0 Å². The van der Waals surface area contributed by atoms with Gasteiger partial charge in [0.15, 0.2) is 5.84 Å². The first-order valence-electron chi connectivity index (χ1n) is 6.16. The number of nitrogens with zero attached hydrogens (tertiary/aromatic N) is 1. The fourth-order valence-corrected chi connectivity index (χ4v) is 1.89.